The van der Waals surface area contributed by atoms with Crippen molar-refractivity contribution in [2.75, 3.05) is 45.4 Å². The summed E-state index contributed by atoms with van der Waals surface area (Å²) in [5.41, 5.74) is -0.526. The summed E-state index contributed by atoms with van der Waals surface area (Å²) in [6, 6.07) is 4.47. The van der Waals surface area contributed by atoms with Crippen molar-refractivity contribution in [1.29, 1.82) is 0 Å². The average Bonchev–Trinajstić information content (AvgIpc) is 2.73. The van der Waals surface area contributed by atoms with Crippen molar-refractivity contribution in [1.82, 2.24) is 14.8 Å². The third-order valence-corrected chi connectivity index (χ3v) is 6.47. The number of rotatable bonds is 9. The van der Waals surface area contributed by atoms with Gasteiger partial charge < -0.3 is 19.3 Å². The van der Waals surface area contributed by atoms with Gasteiger partial charge in [-0.15, -0.1) is 0 Å². The lowest BCUT2D eigenvalue weighted by atomic mass is 9.85. The van der Waals surface area contributed by atoms with Crippen molar-refractivity contribution in [3.63, 3.8) is 0 Å². The Kier molecular flexibility index (Phi) is 10.7. The highest BCUT2D eigenvalue weighted by Gasteiger charge is 2.28. The fourth-order valence-electron chi connectivity index (χ4n) is 4.00. The number of amides is 1. The Hall–Kier alpha value is -1.62. The minimum absolute atomic E-state index is 0.249. The smallest absolute Gasteiger partial charge is 0.410 e. The number of hydrogen-bond acceptors (Lipinski definition) is 7. The number of pyridine rings is 1. The molecule has 1 saturated carbocycles. The van der Waals surface area contributed by atoms with Crippen LogP contribution in [0.3, 0.4) is 0 Å². The van der Waals surface area contributed by atoms with Gasteiger partial charge in [0.2, 0.25) is 0 Å². The van der Waals surface area contributed by atoms with Crippen LogP contribution in [0.5, 0.6) is 0 Å². The molecule has 1 amide bonds. The molecule has 1 aromatic rings. The molecule has 2 rings (SSSR count). The van der Waals surface area contributed by atoms with E-state index in [9.17, 15) is 9.59 Å². The summed E-state index contributed by atoms with van der Waals surface area (Å²) >= 11 is 2.27. The summed E-state index contributed by atoms with van der Waals surface area (Å²) < 4.78 is 11.9. The van der Waals surface area contributed by atoms with E-state index in [0.29, 0.717) is 25.0 Å². The van der Waals surface area contributed by atoms with Crippen LogP contribution in [0.25, 0.3) is 0 Å². The normalized spacial score (nSPS) is 18.7. The second-order valence-electron chi connectivity index (χ2n) is 9.87. The number of hydrogen-bond donors (Lipinski definition) is 0. The second kappa shape index (κ2) is 12.7. The molecule has 9 heteroatoms. The first kappa shape index (κ1) is 27.6. The quantitative estimate of drug-likeness (QED) is 0.246. The highest BCUT2D eigenvalue weighted by atomic mass is 127. The fraction of sp³-hybridized carbons (Fsp3) is 0.708. The molecule has 0 saturated heterocycles. The van der Waals surface area contributed by atoms with Crippen molar-refractivity contribution in [2.45, 2.75) is 65.0 Å². The molecule has 0 radical (unpaired) electrons. The van der Waals surface area contributed by atoms with E-state index in [2.05, 4.69) is 56.6 Å². The summed E-state index contributed by atoms with van der Waals surface area (Å²) in [5, 5.41) is 0. The average molecular weight is 575 g/mol. The predicted molar refractivity (Wildman–Crippen MR) is 138 cm³/mol. The van der Waals surface area contributed by atoms with Crippen LogP contribution in [0.15, 0.2) is 18.3 Å². The van der Waals surface area contributed by atoms with Gasteiger partial charge in [-0.3, -0.25) is 9.69 Å². The SMILES string of the molecule is CC(=O)OCN(CCN(C)C(=O)OC(C)(C)C)C1CCC(CN(C)c2ccc(I)cn2)CC1. The fourth-order valence-corrected chi connectivity index (χ4v) is 4.32. The van der Waals surface area contributed by atoms with Crippen LogP contribution in [-0.4, -0.2) is 78.9 Å². The van der Waals surface area contributed by atoms with Gasteiger partial charge in [0.25, 0.3) is 0 Å². The number of halogens is 1. The zero-order chi connectivity index (χ0) is 24.6. The van der Waals surface area contributed by atoms with Gasteiger partial charge in [0.1, 0.15) is 18.1 Å². The van der Waals surface area contributed by atoms with Gasteiger partial charge in [0, 0.05) is 56.5 Å². The van der Waals surface area contributed by atoms with Gasteiger partial charge in [0.15, 0.2) is 0 Å². The summed E-state index contributed by atoms with van der Waals surface area (Å²) in [7, 11) is 3.84. The Morgan fingerprint density at radius 3 is 2.33 bits per heavy atom. The monoisotopic (exact) mass is 574 g/mol. The zero-order valence-electron chi connectivity index (χ0n) is 20.8. The molecule has 0 aliphatic heterocycles. The van der Waals surface area contributed by atoms with E-state index in [0.717, 1.165) is 41.6 Å². The van der Waals surface area contributed by atoms with Crippen LogP contribution >= 0.6 is 22.6 Å². The lowest BCUT2D eigenvalue weighted by Gasteiger charge is -2.38. The minimum atomic E-state index is -0.526. The van der Waals surface area contributed by atoms with E-state index in [1.165, 1.54) is 6.92 Å². The molecule has 0 bridgehead atoms. The molecule has 0 atom stereocenters. The molecule has 1 heterocycles. The summed E-state index contributed by atoms with van der Waals surface area (Å²) in [6.45, 7) is 9.37. The predicted octanol–water partition coefficient (Wildman–Crippen LogP) is 4.37. The van der Waals surface area contributed by atoms with Gasteiger partial charge in [-0.1, -0.05) is 0 Å². The zero-order valence-corrected chi connectivity index (χ0v) is 23.0. The van der Waals surface area contributed by atoms with E-state index in [1.807, 2.05) is 27.0 Å². The Morgan fingerprint density at radius 2 is 1.79 bits per heavy atom. The molecule has 0 N–H and O–H groups in total. The van der Waals surface area contributed by atoms with Crippen molar-refractivity contribution in [2.24, 2.45) is 5.92 Å². The highest BCUT2D eigenvalue weighted by molar-refractivity contribution is 14.1. The first-order chi connectivity index (χ1) is 15.4. The molecule has 8 nitrogen and oxygen atoms in total. The minimum Gasteiger partial charge on any atom is -0.450 e. The summed E-state index contributed by atoms with van der Waals surface area (Å²) in [5.74, 6) is 1.31. The topological polar surface area (TPSA) is 75.2 Å². The Labute approximate surface area is 212 Å². The van der Waals surface area contributed by atoms with E-state index in [4.69, 9.17) is 9.47 Å². The molecule has 186 valence electrons. The maximum Gasteiger partial charge on any atom is 0.410 e. The first-order valence-corrected chi connectivity index (χ1v) is 12.7. The van der Waals surface area contributed by atoms with E-state index in [1.54, 1.807) is 11.9 Å². The van der Waals surface area contributed by atoms with E-state index in [-0.39, 0.29) is 18.8 Å². The number of aromatic nitrogens is 1. The maximum atomic E-state index is 12.3. The number of carbonyl (C=O) groups is 2. The number of anilines is 1. The molecule has 1 aliphatic rings. The molecule has 1 fully saturated rings. The van der Waals surface area contributed by atoms with Crippen LogP contribution in [0.1, 0.15) is 53.4 Å². The van der Waals surface area contributed by atoms with Gasteiger partial charge in [-0.25, -0.2) is 9.78 Å². The van der Waals surface area contributed by atoms with Gasteiger partial charge in [-0.05, 0) is 87.1 Å². The molecule has 33 heavy (non-hydrogen) atoms. The van der Waals surface area contributed by atoms with Crippen molar-refractivity contribution >= 4 is 40.5 Å². The van der Waals surface area contributed by atoms with E-state index < -0.39 is 5.60 Å². The number of nitrogens with zero attached hydrogens (tertiary/aromatic N) is 4. The van der Waals surface area contributed by atoms with Gasteiger partial charge >= 0.3 is 12.1 Å². The van der Waals surface area contributed by atoms with E-state index >= 15 is 0 Å². The lowest BCUT2D eigenvalue weighted by Crippen LogP contribution is -2.45. The standard InChI is InChI=1S/C24H39IN4O4/c1-18(30)32-17-29(14-13-27(5)23(31)33-24(2,3)4)21-10-7-19(8-11-21)16-28(6)22-12-9-20(25)15-26-22/h9,12,15,19,21H,7-8,10-11,13-14,16-17H2,1-6H3. The maximum absolute atomic E-state index is 12.3. The van der Waals surface area contributed by atoms with Crippen LogP contribution in [0.2, 0.25) is 0 Å². The molecular weight excluding hydrogens is 535 g/mol. The Morgan fingerprint density at radius 1 is 1.12 bits per heavy atom. The van der Waals surface area contributed by atoms with Crippen molar-refractivity contribution in [3.05, 3.63) is 21.9 Å². The summed E-state index contributed by atoms with van der Waals surface area (Å²) in [6.07, 6.45) is 5.85. The van der Waals surface area contributed by atoms with Gasteiger partial charge in [-0.2, -0.15) is 0 Å². The van der Waals surface area contributed by atoms with Crippen molar-refractivity contribution < 1.29 is 19.1 Å². The number of ether oxygens (including phenoxy) is 2. The van der Waals surface area contributed by atoms with Crippen LogP contribution < -0.4 is 4.90 Å². The number of carbonyl (C=O) groups excluding carboxylic acids is 2. The third kappa shape index (κ3) is 10.0. The third-order valence-electron chi connectivity index (χ3n) is 5.83. The second-order valence-corrected chi connectivity index (χ2v) is 11.1. The Balaban J connectivity index is 1.87. The van der Waals surface area contributed by atoms with Crippen LogP contribution in [-0.2, 0) is 14.3 Å². The van der Waals surface area contributed by atoms with Crippen LogP contribution in [0.4, 0.5) is 10.6 Å². The molecule has 1 aromatic heterocycles. The molecule has 0 spiro atoms. The van der Waals surface area contributed by atoms with Gasteiger partial charge in [0.05, 0.1) is 0 Å². The highest BCUT2D eigenvalue weighted by Crippen LogP contribution is 2.29. The number of likely N-dealkylation sites (N-methyl/N-ethyl adjacent to an activating group) is 1. The van der Waals surface area contributed by atoms with Crippen molar-refractivity contribution in [3.8, 4) is 0 Å². The lowest BCUT2D eigenvalue weighted by molar-refractivity contribution is -0.147. The molecule has 0 unspecified atom stereocenters. The molecule has 1 aliphatic carbocycles. The van der Waals surface area contributed by atoms with Crippen LogP contribution in [0, 0.1) is 9.49 Å². The molecular formula is C24H39IN4O4. The first-order valence-electron chi connectivity index (χ1n) is 11.6. The number of esters is 1. The largest absolute Gasteiger partial charge is 0.450 e. The molecule has 0 aromatic carbocycles. The Bertz CT molecular complexity index is 761. The summed E-state index contributed by atoms with van der Waals surface area (Å²) in [4.78, 5) is 34.2.